The number of methoxy groups -OCH3 is 1. The monoisotopic (exact) mass is 282 g/mol. The minimum atomic E-state index is 0.453. The van der Waals surface area contributed by atoms with Crippen LogP contribution in [0.25, 0.3) is 0 Å². The Morgan fingerprint density at radius 3 is 2.95 bits per heavy atom. The average Bonchev–Trinajstić information content (AvgIpc) is 3.01. The molecule has 0 saturated carbocycles. The van der Waals surface area contributed by atoms with Crippen LogP contribution in [0, 0.1) is 6.92 Å². The Labute approximate surface area is 116 Å². The van der Waals surface area contributed by atoms with E-state index < -0.39 is 0 Å². The molecule has 7 heteroatoms. The number of nitrogens with zero attached hydrogens (tertiary/aromatic N) is 2. The van der Waals surface area contributed by atoms with Crippen molar-refractivity contribution in [2.24, 2.45) is 0 Å². The van der Waals surface area contributed by atoms with Gasteiger partial charge in [-0.25, -0.2) is 0 Å². The molecular formula is C12H18N4O2S. The van der Waals surface area contributed by atoms with Crippen molar-refractivity contribution < 1.29 is 9.15 Å². The number of nitrogens with one attached hydrogen (secondary N) is 2. The van der Waals surface area contributed by atoms with Gasteiger partial charge in [0.25, 0.3) is 0 Å². The van der Waals surface area contributed by atoms with Gasteiger partial charge < -0.3 is 19.8 Å². The molecule has 0 unspecified atom stereocenters. The summed E-state index contributed by atoms with van der Waals surface area (Å²) in [4.78, 5) is 2.54. The Bertz CT molecular complexity index is 497. The number of hydrogen-bond acceptors (Lipinski definition) is 7. The maximum atomic E-state index is 5.46. The molecule has 0 aromatic carbocycles. The number of hydrogen-bond donors (Lipinski definition) is 2. The predicted octanol–water partition coefficient (Wildman–Crippen LogP) is 1.79. The lowest BCUT2D eigenvalue weighted by Crippen LogP contribution is -2.18. The van der Waals surface area contributed by atoms with E-state index in [-0.39, 0.29) is 0 Å². The third kappa shape index (κ3) is 4.62. The van der Waals surface area contributed by atoms with Gasteiger partial charge in [0.15, 0.2) is 0 Å². The minimum Gasteiger partial charge on any atom is -0.407 e. The highest BCUT2D eigenvalue weighted by atomic mass is 32.1. The summed E-state index contributed by atoms with van der Waals surface area (Å²) in [7, 11) is 1.67. The molecule has 2 heterocycles. The van der Waals surface area contributed by atoms with Crippen molar-refractivity contribution in [2.45, 2.75) is 20.0 Å². The summed E-state index contributed by atoms with van der Waals surface area (Å²) in [6.07, 6.45) is 0. The van der Waals surface area contributed by atoms with Gasteiger partial charge in [0, 0.05) is 23.4 Å². The van der Waals surface area contributed by atoms with Crippen molar-refractivity contribution in [3.63, 3.8) is 0 Å². The number of ether oxygens (including phenoxy) is 1. The summed E-state index contributed by atoms with van der Waals surface area (Å²) in [6.45, 7) is 4.77. The molecule has 0 bridgehead atoms. The lowest BCUT2D eigenvalue weighted by atomic mass is 10.4. The Morgan fingerprint density at radius 1 is 1.32 bits per heavy atom. The molecule has 19 heavy (non-hydrogen) atoms. The van der Waals surface area contributed by atoms with Crippen LogP contribution in [-0.4, -0.2) is 30.5 Å². The second-order valence-electron chi connectivity index (χ2n) is 4.04. The summed E-state index contributed by atoms with van der Waals surface area (Å²) in [5.41, 5.74) is 0. The highest BCUT2D eigenvalue weighted by Crippen LogP contribution is 2.16. The molecule has 2 aromatic rings. The quantitative estimate of drug-likeness (QED) is 0.719. The Balaban J connectivity index is 1.74. The summed E-state index contributed by atoms with van der Waals surface area (Å²) in [5.74, 6) is 0.570. The van der Waals surface area contributed by atoms with E-state index in [9.17, 15) is 0 Å². The molecule has 0 aliphatic rings. The van der Waals surface area contributed by atoms with Gasteiger partial charge in [0.1, 0.15) is 0 Å². The van der Waals surface area contributed by atoms with E-state index in [1.807, 2.05) is 0 Å². The van der Waals surface area contributed by atoms with Gasteiger partial charge in [0.05, 0.1) is 19.7 Å². The van der Waals surface area contributed by atoms with E-state index in [1.54, 1.807) is 18.4 Å². The molecule has 0 amide bonds. The lowest BCUT2D eigenvalue weighted by Gasteiger charge is -1.99. The van der Waals surface area contributed by atoms with Crippen molar-refractivity contribution >= 4 is 17.4 Å². The van der Waals surface area contributed by atoms with Gasteiger partial charge >= 0.3 is 6.01 Å². The second kappa shape index (κ2) is 7.22. The van der Waals surface area contributed by atoms with Gasteiger partial charge in [-0.2, -0.15) is 0 Å². The number of aromatic nitrogens is 2. The number of thiophene rings is 1. The van der Waals surface area contributed by atoms with E-state index in [0.29, 0.717) is 31.6 Å². The molecule has 0 saturated heterocycles. The van der Waals surface area contributed by atoms with E-state index in [1.165, 1.54) is 9.75 Å². The summed E-state index contributed by atoms with van der Waals surface area (Å²) in [5, 5.41) is 14.2. The Kier molecular flexibility index (Phi) is 5.31. The molecule has 0 atom stereocenters. The number of anilines is 1. The van der Waals surface area contributed by atoms with Crippen molar-refractivity contribution in [3.8, 4) is 0 Å². The molecule has 2 aromatic heterocycles. The average molecular weight is 282 g/mol. The lowest BCUT2D eigenvalue weighted by molar-refractivity contribution is 0.198. The van der Waals surface area contributed by atoms with Gasteiger partial charge in [0.2, 0.25) is 5.89 Å². The van der Waals surface area contributed by atoms with E-state index in [0.717, 1.165) is 6.54 Å². The van der Waals surface area contributed by atoms with Gasteiger partial charge in [-0.3, -0.25) is 0 Å². The van der Waals surface area contributed by atoms with Crippen LogP contribution in [0.1, 0.15) is 15.6 Å². The maximum Gasteiger partial charge on any atom is 0.315 e. The fourth-order valence-corrected chi connectivity index (χ4v) is 2.34. The largest absolute Gasteiger partial charge is 0.407 e. The van der Waals surface area contributed by atoms with Gasteiger partial charge in [-0.1, -0.05) is 5.10 Å². The molecule has 6 nitrogen and oxygen atoms in total. The van der Waals surface area contributed by atoms with Gasteiger partial charge in [-0.15, -0.1) is 16.4 Å². The zero-order valence-electron chi connectivity index (χ0n) is 11.1. The Hall–Kier alpha value is -1.44. The fraction of sp³-hybridized carbons (Fsp3) is 0.500. The third-order valence-corrected chi connectivity index (χ3v) is 3.44. The molecule has 0 aliphatic heterocycles. The molecule has 2 N–H and O–H groups in total. The first kappa shape index (κ1) is 14.0. The molecular weight excluding hydrogens is 264 g/mol. The topological polar surface area (TPSA) is 72.2 Å². The summed E-state index contributed by atoms with van der Waals surface area (Å²) >= 11 is 1.75. The first-order valence-electron chi connectivity index (χ1n) is 6.09. The van der Waals surface area contributed by atoms with Crippen LogP contribution in [0.4, 0.5) is 6.01 Å². The Morgan fingerprint density at radius 2 is 2.21 bits per heavy atom. The first-order valence-corrected chi connectivity index (χ1v) is 6.91. The van der Waals surface area contributed by atoms with Crippen LogP contribution >= 0.6 is 11.3 Å². The van der Waals surface area contributed by atoms with Gasteiger partial charge in [-0.05, 0) is 19.1 Å². The van der Waals surface area contributed by atoms with E-state index >= 15 is 0 Å². The van der Waals surface area contributed by atoms with E-state index in [4.69, 9.17) is 9.15 Å². The maximum absolute atomic E-state index is 5.46. The van der Waals surface area contributed by atoms with Crippen molar-refractivity contribution in [2.75, 3.05) is 25.6 Å². The third-order valence-electron chi connectivity index (χ3n) is 2.44. The molecule has 0 aliphatic carbocycles. The number of aryl methyl sites for hydroxylation is 1. The van der Waals surface area contributed by atoms with Crippen molar-refractivity contribution in [1.29, 1.82) is 0 Å². The zero-order chi connectivity index (χ0) is 13.5. The van der Waals surface area contributed by atoms with Crippen LogP contribution in [-0.2, 0) is 17.8 Å². The SMILES string of the molecule is COCCNCc1nnc(NCc2ccc(C)s2)o1. The highest BCUT2D eigenvalue weighted by molar-refractivity contribution is 7.11. The molecule has 2 rings (SSSR count). The fourth-order valence-electron chi connectivity index (χ4n) is 1.51. The molecule has 0 fully saturated rings. The van der Waals surface area contributed by atoms with Crippen LogP contribution in [0.2, 0.25) is 0 Å². The molecule has 0 spiro atoms. The second-order valence-corrected chi connectivity index (χ2v) is 5.41. The zero-order valence-corrected chi connectivity index (χ0v) is 11.9. The minimum absolute atomic E-state index is 0.453. The van der Waals surface area contributed by atoms with E-state index in [2.05, 4.69) is 39.9 Å². The normalized spacial score (nSPS) is 10.8. The first-order chi connectivity index (χ1) is 9.28. The molecule has 104 valence electrons. The van der Waals surface area contributed by atoms with Crippen molar-refractivity contribution in [1.82, 2.24) is 15.5 Å². The standard InChI is InChI=1S/C12H18N4O2S/c1-9-3-4-10(19-9)7-14-12-16-15-11(18-12)8-13-5-6-17-2/h3-4,13H,5-8H2,1-2H3,(H,14,16). The predicted molar refractivity (Wildman–Crippen MR) is 74.3 cm³/mol. The summed E-state index contributed by atoms with van der Waals surface area (Å²) < 4.78 is 10.4. The van der Waals surface area contributed by atoms with Crippen molar-refractivity contribution in [3.05, 3.63) is 27.8 Å². The van der Waals surface area contributed by atoms with Crippen LogP contribution in [0.5, 0.6) is 0 Å². The van der Waals surface area contributed by atoms with Crippen LogP contribution in [0.3, 0.4) is 0 Å². The van der Waals surface area contributed by atoms with Crippen LogP contribution < -0.4 is 10.6 Å². The summed E-state index contributed by atoms with van der Waals surface area (Å²) in [6, 6.07) is 4.65. The molecule has 0 radical (unpaired) electrons. The smallest absolute Gasteiger partial charge is 0.315 e. The number of rotatable bonds is 8. The van der Waals surface area contributed by atoms with Crippen LogP contribution in [0.15, 0.2) is 16.5 Å². The highest BCUT2D eigenvalue weighted by Gasteiger charge is 2.05.